The summed E-state index contributed by atoms with van der Waals surface area (Å²) in [7, 11) is 1.70. The molecule has 1 aromatic heterocycles. The number of anilines is 1. The first-order valence-electron chi connectivity index (χ1n) is 7.34. The highest BCUT2D eigenvalue weighted by Gasteiger charge is 2.13. The van der Waals surface area contributed by atoms with E-state index in [1.54, 1.807) is 23.3 Å². The Balaban J connectivity index is 2.01. The van der Waals surface area contributed by atoms with E-state index in [1.165, 1.54) is 0 Å². The smallest absolute Gasteiger partial charge is 0.321 e. The SMILES string of the molecule is Cc1nc(-c2ccccc2NC(=O)N(C)CCOCCO)cs1. The van der Waals surface area contributed by atoms with Crippen molar-refractivity contribution in [2.45, 2.75) is 6.92 Å². The summed E-state index contributed by atoms with van der Waals surface area (Å²) in [5, 5.41) is 14.5. The lowest BCUT2D eigenvalue weighted by atomic mass is 10.1. The summed E-state index contributed by atoms with van der Waals surface area (Å²) in [5.74, 6) is 0. The Hall–Kier alpha value is -1.96. The van der Waals surface area contributed by atoms with Gasteiger partial charge in [0, 0.05) is 24.5 Å². The van der Waals surface area contributed by atoms with Crippen LogP contribution in [0.15, 0.2) is 29.6 Å². The molecule has 0 atom stereocenters. The van der Waals surface area contributed by atoms with E-state index < -0.39 is 0 Å². The lowest BCUT2D eigenvalue weighted by Crippen LogP contribution is -2.34. The van der Waals surface area contributed by atoms with Crippen molar-refractivity contribution in [3.8, 4) is 11.3 Å². The zero-order valence-corrected chi connectivity index (χ0v) is 14.1. The average molecular weight is 335 g/mol. The first kappa shape index (κ1) is 17.4. The minimum atomic E-state index is -0.211. The van der Waals surface area contributed by atoms with Crippen molar-refractivity contribution in [1.82, 2.24) is 9.88 Å². The number of aryl methyl sites for hydroxylation is 1. The molecular weight excluding hydrogens is 314 g/mol. The number of hydrogen-bond acceptors (Lipinski definition) is 5. The summed E-state index contributed by atoms with van der Waals surface area (Å²) in [4.78, 5) is 18.3. The van der Waals surface area contributed by atoms with Crippen molar-refractivity contribution in [3.63, 3.8) is 0 Å². The third-order valence-electron chi connectivity index (χ3n) is 3.22. The van der Waals surface area contributed by atoms with Gasteiger partial charge in [-0.1, -0.05) is 18.2 Å². The lowest BCUT2D eigenvalue weighted by Gasteiger charge is -2.19. The quantitative estimate of drug-likeness (QED) is 0.763. The number of urea groups is 1. The van der Waals surface area contributed by atoms with Gasteiger partial charge in [-0.25, -0.2) is 9.78 Å². The largest absolute Gasteiger partial charge is 0.394 e. The fraction of sp³-hybridized carbons (Fsp3) is 0.375. The average Bonchev–Trinajstić information content (AvgIpc) is 2.98. The van der Waals surface area contributed by atoms with E-state index in [9.17, 15) is 4.79 Å². The first-order chi connectivity index (χ1) is 11.1. The second-order valence-corrected chi connectivity index (χ2v) is 6.05. The van der Waals surface area contributed by atoms with Crippen LogP contribution in [0, 0.1) is 6.92 Å². The molecule has 0 saturated heterocycles. The number of carbonyl (C=O) groups is 1. The van der Waals surface area contributed by atoms with Crippen LogP contribution in [-0.2, 0) is 4.74 Å². The highest BCUT2D eigenvalue weighted by atomic mass is 32.1. The zero-order valence-electron chi connectivity index (χ0n) is 13.3. The maximum atomic E-state index is 12.3. The number of ether oxygens (including phenoxy) is 1. The van der Waals surface area contributed by atoms with Crippen molar-refractivity contribution in [1.29, 1.82) is 0 Å². The van der Waals surface area contributed by atoms with Crippen LogP contribution in [0.3, 0.4) is 0 Å². The molecule has 0 radical (unpaired) electrons. The number of amides is 2. The normalized spacial score (nSPS) is 10.6. The molecule has 2 rings (SSSR count). The number of carbonyl (C=O) groups excluding carboxylic acids is 1. The van der Waals surface area contributed by atoms with Gasteiger partial charge >= 0.3 is 6.03 Å². The molecule has 0 aliphatic rings. The molecule has 7 heteroatoms. The van der Waals surface area contributed by atoms with Gasteiger partial charge in [0.15, 0.2) is 0 Å². The molecule has 1 heterocycles. The molecule has 0 aliphatic heterocycles. The Morgan fingerprint density at radius 3 is 2.87 bits per heavy atom. The Morgan fingerprint density at radius 2 is 2.17 bits per heavy atom. The molecule has 1 aromatic carbocycles. The van der Waals surface area contributed by atoms with Crippen LogP contribution in [0.5, 0.6) is 0 Å². The number of nitrogens with one attached hydrogen (secondary N) is 1. The predicted octanol–water partition coefficient (Wildman–Crippen LogP) is 2.59. The Labute approximate surface area is 139 Å². The fourth-order valence-corrected chi connectivity index (χ4v) is 2.60. The van der Waals surface area contributed by atoms with Gasteiger partial charge in [-0.05, 0) is 13.0 Å². The van der Waals surface area contributed by atoms with Crippen molar-refractivity contribution in [2.24, 2.45) is 0 Å². The van der Waals surface area contributed by atoms with Gasteiger partial charge in [-0.3, -0.25) is 0 Å². The number of thiazole rings is 1. The van der Waals surface area contributed by atoms with Crippen LogP contribution in [0.2, 0.25) is 0 Å². The molecule has 0 spiro atoms. The van der Waals surface area contributed by atoms with Crippen molar-refractivity contribution in [2.75, 3.05) is 38.7 Å². The summed E-state index contributed by atoms with van der Waals surface area (Å²) in [6, 6.07) is 7.39. The van der Waals surface area contributed by atoms with Crippen LogP contribution in [-0.4, -0.2) is 54.4 Å². The summed E-state index contributed by atoms with van der Waals surface area (Å²) >= 11 is 1.58. The van der Waals surface area contributed by atoms with E-state index in [-0.39, 0.29) is 19.2 Å². The Bertz CT molecular complexity index is 645. The van der Waals surface area contributed by atoms with Gasteiger partial charge in [0.1, 0.15) is 0 Å². The first-order valence-corrected chi connectivity index (χ1v) is 8.22. The zero-order chi connectivity index (χ0) is 16.7. The van der Waals surface area contributed by atoms with E-state index >= 15 is 0 Å². The van der Waals surface area contributed by atoms with Crippen LogP contribution >= 0.6 is 11.3 Å². The van der Waals surface area contributed by atoms with Crippen LogP contribution < -0.4 is 5.32 Å². The summed E-state index contributed by atoms with van der Waals surface area (Å²) in [5.41, 5.74) is 2.48. The second-order valence-electron chi connectivity index (χ2n) is 4.99. The number of benzene rings is 1. The monoisotopic (exact) mass is 335 g/mol. The molecule has 2 amide bonds. The molecule has 0 bridgehead atoms. The summed E-state index contributed by atoms with van der Waals surface area (Å²) < 4.78 is 5.17. The Morgan fingerprint density at radius 1 is 1.39 bits per heavy atom. The van der Waals surface area contributed by atoms with E-state index in [4.69, 9.17) is 9.84 Å². The van der Waals surface area contributed by atoms with Gasteiger partial charge in [0.25, 0.3) is 0 Å². The van der Waals surface area contributed by atoms with Gasteiger partial charge in [-0.15, -0.1) is 11.3 Å². The maximum Gasteiger partial charge on any atom is 0.321 e. The number of rotatable bonds is 7. The van der Waals surface area contributed by atoms with Crippen LogP contribution in [0.4, 0.5) is 10.5 Å². The van der Waals surface area contributed by atoms with Gasteiger partial charge in [0.05, 0.1) is 36.2 Å². The van der Waals surface area contributed by atoms with Crippen LogP contribution in [0.25, 0.3) is 11.3 Å². The molecule has 0 unspecified atom stereocenters. The van der Waals surface area contributed by atoms with E-state index in [0.29, 0.717) is 13.2 Å². The minimum Gasteiger partial charge on any atom is -0.394 e. The second kappa shape index (κ2) is 8.61. The number of aromatic nitrogens is 1. The number of para-hydroxylation sites is 1. The Kier molecular flexibility index (Phi) is 6.52. The maximum absolute atomic E-state index is 12.3. The lowest BCUT2D eigenvalue weighted by molar-refractivity contribution is 0.0833. The number of aliphatic hydroxyl groups is 1. The molecule has 124 valence electrons. The van der Waals surface area contributed by atoms with E-state index in [0.717, 1.165) is 22.0 Å². The van der Waals surface area contributed by atoms with Gasteiger partial charge in [0.2, 0.25) is 0 Å². The van der Waals surface area contributed by atoms with Crippen molar-refractivity contribution >= 4 is 23.1 Å². The molecule has 0 aliphatic carbocycles. The molecule has 2 N–H and O–H groups in total. The van der Waals surface area contributed by atoms with Crippen molar-refractivity contribution < 1.29 is 14.6 Å². The highest BCUT2D eigenvalue weighted by Crippen LogP contribution is 2.28. The molecule has 2 aromatic rings. The van der Waals surface area contributed by atoms with E-state index in [2.05, 4.69) is 10.3 Å². The number of aliphatic hydroxyl groups excluding tert-OH is 1. The molecular formula is C16H21N3O3S. The van der Waals surface area contributed by atoms with Crippen molar-refractivity contribution in [3.05, 3.63) is 34.7 Å². The number of likely N-dealkylation sites (N-methyl/N-ethyl adjacent to an activating group) is 1. The summed E-state index contributed by atoms with van der Waals surface area (Å²) in [6.45, 7) is 3.05. The third-order valence-corrected chi connectivity index (χ3v) is 3.99. The minimum absolute atomic E-state index is 0.0175. The number of hydrogen-bond donors (Lipinski definition) is 2. The van der Waals surface area contributed by atoms with Crippen LogP contribution in [0.1, 0.15) is 5.01 Å². The standard InChI is InChI=1S/C16H21N3O3S/c1-12-17-15(11-23-12)13-5-3-4-6-14(13)18-16(21)19(2)7-9-22-10-8-20/h3-6,11,20H,7-10H2,1-2H3,(H,18,21). The molecule has 6 nitrogen and oxygen atoms in total. The highest BCUT2D eigenvalue weighted by molar-refractivity contribution is 7.09. The molecule has 0 fully saturated rings. The van der Waals surface area contributed by atoms with Gasteiger partial charge < -0.3 is 20.1 Å². The molecule has 0 saturated carbocycles. The van der Waals surface area contributed by atoms with E-state index in [1.807, 2.05) is 36.6 Å². The fourth-order valence-electron chi connectivity index (χ4n) is 1.98. The number of nitrogens with zero attached hydrogens (tertiary/aromatic N) is 2. The predicted molar refractivity (Wildman–Crippen MR) is 91.8 cm³/mol. The summed E-state index contributed by atoms with van der Waals surface area (Å²) in [6.07, 6.45) is 0. The third kappa shape index (κ3) is 5.02. The van der Waals surface area contributed by atoms with Gasteiger partial charge in [-0.2, -0.15) is 0 Å². The topological polar surface area (TPSA) is 74.7 Å². The molecule has 23 heavy (non-hydrogen) atoms.